The largest absolute Gasteiger partial charge is 0.493 e. The van der Waals surface area contributed by atoms with Crippen molar-refractivity contribution in [3.63, 3.8) is 0 Å². The first-order valence-corrected chi connectivity index (χ1v) is 9.85. The van der Waals surface area contributed by atoms with Crippen LogP contribution in [0.4, 0.5) is 0 Å². The van der Waals surface area contributed by atoms with Gasteiger partial charge in [0.25, 0.3) is 0 Å². The Bertz CT molecular complexity index is 789. The molecule has 2 heterocycles. The predicted molar refractivity (Wildman–Crippen MR) is 101 cm³/mol. The van der Waals surface area contributed by atoms with Crippen molar-refractivity contribution < 1.29 is 24.1 Å². The lowest BCUT2D eigenvalue weighted by molar-refractivity contribution is -0.0894. The van der Waals surface area contributed by atoms with Crippen LogP contribution in [0.5, 0.6) is 5.75 Å². The van der Waals surface area contributed by atoms with Crippen LogP contribution in [0, 0.1) is 18.8 Å². The zero-order chi connectivity index (χ0) is 19.0. The number of hydrogen-bond donors (Lipinski definition) is 2. The van der Waals surface area contributed by atoms with Gasteiger partial charge in [0.15, 0.2) is 0 Å². The molecule has 27 heavy (non-hydrogen) atoms. The molecule has 0 bridgehead atoms. The van der Waals surface area contributed by atoms with E-state index in [1.54, 1.807) is 6.07 Å². The first kappa shape index (κ1) is 18.8. The fraction of sp³-hybridized carbons (Fsp3) is 0.524. The average molecular weight is 393 g/mol. The lowest BCUT2D eigenvalue weighted by Crippen LogP contribution is -2.33. The Kier molecular flexibility index (Phi) is 5.46. The molecule has 1 aliphatic heterocycles. The summed E-state index contributed by atoms with van der Waals surface area (Å²) in [7, 11) is 0. The van der Waals surface area contributed by atoms with Gasteiger partial charge < -0.3 is 24.1 Å². The summed E-state index contributed by atoms with van der Waals surface area (Å²) in [5.41, 5.74) is 0.976. The molecule has 2 aliphatic rings. The third kappa shape index (κ3) is 3.87. The van der Waals surface area contributed by atoms with Gasteiger partial charge in [0.2, 0.25) is 0 Å². The number of hydrogen-bond acceptors (Lipinski definition) is 5. The van der Waals surface area contributed by atoms with Crippen LogP contribution in [0.2, 0.25) is 5.02 Å². The zero-order valence-corrected chi connectivity index (χ0v) is 16.1. The van der Waals surface area contributed by atoms with Crippen LogP contribution < -0.4 is 4.74 Å². The van der Waals surface area contributed by atoms with E-state index >= 15 is 0 Å². The zero-order valence-electron chi connectivity index (χ0n) is 15.3. The molecule has 0 spiro atoms. The minimum absolute atomic E-state index is 0.00183. The summed E-state index contributed by atoms with van der Waals surface area (Å²) >= 11 is 6.06. The van der Waals surface area contributed by atoms with Gasteiger partial charge >= 0.3 is 0 Å². The molecule has 6 heteroatoms. The van der Waals surface area contributed by atoms with Crippen LogP contribution in [0.25, 0.3) is 0 Å². The predicted octanol–water partition coefficient (Wildman–Crippen LogP) is 4.03. The fourth-order valence-electron chi connectivity index (χ4n) is 4.32. The van der Waals surface area contributed by atoms with E-state index in [0.29, 0.717) is 18.8 Å². The second-order valence-corrected chi connectivity index (χ2v) is 7.96. The van der Waals surface area contributed by atoms with E-state index in [4.69, 9.17) is 30.6 Å². The van der Waals surface area contributed by atoms with E-state index in [0.717, 1.165) is 34.9 Å². The number of aryl methyl sites for hydroxylation is 1. The summed E-state index contributed by atoms with van der Waals surface area (Å²) in [6, 6.07) is 9.25. The van der Waals surface area contributed by atoms with Crippen LogP contribution in [0.1, 0.15) is 42.5 Å². The summed E-state index contributed by atoms with van der Waals surface area (Å²) in [6.07, 6.45) is 1.86. The number of aliphatic hydroxyl groups excluding tert-OH is 2. The summed E-state index contributed by atoms with van der Waals surface area (Å²) in [5, 5.41) is 20.4. The first-order valence-electron chi connectivity index (χ1n) is 9.47. The highest BCUT2D eigenvalue weighted by molar-refractivity contribution is 6.31. The first-order chi connectivity index (χ1) is 13.0. The number of rotatable bonds is 5. The summed E-state index contributed by atoms with van der Waals surface area (Å²) in [5.74, 6) is 2.40. The summed E-state index contributed by atoms with van der Waals surface area (Å²) < 4.78 is 17.8. The van der Waals surface area contributed by atoms with Crippen LogP contribution in [-0.2, 0) is 11.3 Å². The van der Waals surface area contributed by atoms with Gasteiger partial charge in [0.1, 0.15) is 30.0 Å². The number of fused-ring (bicyclic) bond motifs is 1. The van der Waals surface area contributed by atoms with Gasteiger partial charge in [0, 0.05) is 17.4 Å². The van der Waals surface area contributed by atoms with Crippen molar-refractivity contribution in [2.24, 2.45) is 11.8 Å². The van der Waals surface area contributed by atoms with E-state index in [2.05, 4.69) is 0 Å². The maximum absolute atomic E-state index is 10.6. The van der Waals surface area contributed by atoms with Crippen molar-refractivity contribution in [2.45, 2.75) is 51.1 Å². The third-order valence-electron chi connectivity index (χ3n) is 5.82. The summed E-state index contributed by atoms with van der Waals surface area (Å²) in [6.45, 7) is 2.30. The SMILES string of the molecule is Cc1cc(OC[C@@H]2C3CC[C@H](c4ccc(CO)o4)O[C@H]3C[C@H]2O)ccc1Cl. The maximum Gasteiger partial charge on any atom is 0.133 e. The smallest absolute Gasteiger partial charge is 0.133 e. The molecule has 4 rings (SSSR count). The van der Waals surface area contributed by atoms with E-state index in [1.165, 1.54) is 0 Å². The minimum Gasteiger partial charge on any atom is -0.493 e. The molecule has 5 atom stereocenters. The normalized spacial score (nSPS) is 30.3. The van der Waals surface area contributed by atoms with Gasteiger partial charge in [0.05, 0.1) is 18.8 Å². The average Bonchev–Trinajstić information content (AvgIpc) is 3.26. The van der Waals surface area contributed by atoms with Crippen molar-refractivity contribution in [1.29, 1.82) is 0 Å². The highest BCUT2D eigenvalue weighted by atomic mass is 35.5. The fourth-order valence-corrected chi connectivity index (χ4v) is 4.44. The summed E-state index contributed by atoms with van der Waals surface area (Å²) in [4.78, 5) is 0. The molecular weight excluding hydrogens is 368 g/mol. The second-order valence-electron chi connectivity index (χ2n) is 7.56. The van der Waals surface area contributed by atoms with Gasteiger partial charge in [-0.3, -0.25) is 0 Å². The molecule has 146 valence electrons. The number of aliphatic hydroxyl groups is 2. The number of ether oxygens (including phenoxy) is 2. The highest BCUT2D eigenvalue weighted by Gasteiger charge is 2.47. The molecule has 1 unspecified atom stereocenters. The monoisotopic (exact) mass is 392 g/mol. The Balaban J connectivity index is 1.38. The van der Waals surface area contributed by atoms with Crippen LogP contribution in [0.3, 0.4) is 0 Å². The second kappa shape index (κ2) is 7.84. The molecule has 2 N–H and O–H groups in total. The lowest BCUT2D eigenvalue weighted by Gasteiger charge is -2.33. The van der Waals surface area contributed by atoms with E-state index < -0.39 is 6.10 Å². The highest BCUT2D eigenvalue weighted by Crippen LogP contribution is 2.46. The van der Waals surface area contributed by atoms with E-state index in [-0.39, 0.29) is 30.7 Å². The quantitative estimate of drug-likeness (QED) is 0.803. The van der Waals surface area contributed by atoms with Crippen molar-refractivity contribution in [3.05, 3.63) is 52.4 Å². The number of furan rings is 1. The van der Waals surface area contributed by atoms with Crippen LogP contribution in [0.15, 0.2) is 34.7 Å². The Morgan fingerprint density at radius 3 is 2.81 bits per heavy atom. The van der Waals surface area contributed by atoms with E-state index in [9.17, 15) is 5.11 Å². The Labute approximate surface area is 163 Å². The molecule has 1 aliphatic carbocycles. The van der Waals surface area contributed by atoms with E-state index in [1.807, 2.05) is 31.2 Å². The van der Waals surface area contributed by atoms with Crippen molar-refractivity contribution in [2.75, 3.05) is 6.61 Å². The minimum atomic E-state index is -0.434. The topological polar surface area (TPSA) is 72.1 Å². The molecule has 1 saturated heterocycles. The van der Waals surface area contributed by atoms with Gasteiger partial charge in [-0.15, -0.1) is 0 Å². The molecule has 1 aromatic heterocycles. The van der Waals surface area contributed by atoms with Gasteiger partial charge in [-0.1, -0.05) is 11.6 Å². The van der Waals surface area contributed by atoms with Gasteiger partial charge in [-0.05, 0) is 61.6 Å². The maximum atomic E-state index is 10.6. The molecule has 0 amide bonds. The molecule has 2 aromatic rings. The molecule has 1 saturated carbocycles. The number of benzene rings is 1. The Morgan fingerprint density at radius 1 is 1.22 bits per heavy atom. The Hall–Kier alpha value is -1.53. The standard InChI is InChI=1S/C21H25ClO5/c1-12-8-13(2-5-17(12)22)25-11-16-15-4-7-20(27-21(15)9-18(16)24)19-6-3-14(10-23)26-19/h2-3,5-6,8,15-16,18,20-21,23-24H,4,7,9-11H2,1H3/t15?,16-,18-,20-,21+/m1/s1. The molecule has 0 radical (unpaired) electrons. The van der Waals surface area contributed by atoms with Crippen molar-refractivity contribution >= 4 is 11.6 Å². The van der Waals surface area contributed by atoms with Crippen molar-refractivity contribution in [1.82, 2.24) is 0 Å². The molecule has 5 nitrogen and oxygen atoms in total. The molecule has 1 aromatic carbocycles. The number of halogens is 1. The van der Waals surface area contributed by atoms with Gasteiger partial charge in [-0.25, -0.2) is 0 Å². The molecule has 2 fully saturated rings. The molecular formula is C21H25ClO5. The third-order valence-corrected chi connectivity index (χ3v) is 6.25. The van der Waals surface area contributed by atoms with Crippen LogP contribution >= 0.6 is 11.6 Å². The lowest BCUT2D eigenvalue weighted by atomic mass is 9.86. The Morgan fingerprint density at radius 2 is 2.07 bits per heavy atom. The van der Waals surface area contributed by atoms with Gasteiger partial charge in [-0.2, -0.15) is 0 Å². The van der Waals surface area contributed by atoms with Crippen LogP contribution in [-0.4, -0.2) is 29.0 Å². The van der Waals surface area contributed by atoms with Crippen molar-refractivity contribution in [3.8, 4) is 5.75 Å².